The number of amides is 2. The Morgan fingerprint density at radius 1 is 1.16 bits per heavy atom. The monoisotopic (exact) mass is 266 g/mol. The Morgan fingerprint density at radius 3 is 2.32 bits per heavy atom. The predicted octanol–water partition coefficient (Wildman–Crippen LogP) is 1.86. The first-order valence-electron chi connectivity index (χ1n) is 6.15. The average molecular weight is 266 g/mol. The Labute approximate surface area is 114 Å². The van der Waals surface area contributed by atoms with Gasteiger partial charge in [-0.2, -0.15) is 0 Å². The van der Waals surface area contributed by atoms with E-state index in [-0.39, 0.29) is 18.7 Å². The van der Waals surface area contributed by atoms with Crippen LogP contribution in [-0.4, -0.2) is 23.6 Å². The van der Waals surface area contributed by atoms with Crippen LogP contribution in [0.2, 0.25) is 0 Å². The number of nitrogens with one attached hydrogen (secondary N) is 2. The fourth-order valence-corrected chi connectivity index (χ4v) is 1.23. The highest BCUT2D eigenvalue weighted by atomic mass is 16.5. The molecule has 19 heavy (non-hydrogen) atoms. The molecule has 0 fully saturated rings. The molecule has 3 N–H and O–H groups in total. The Bertz CT molecular complexity index is 380. The van der Waals surface area contributed by atoms with Gasteiger partial charge in [-0.1, -0.05) is 30.4 Å². The zero-order valence-corrected chi connectivity index (χ0v) is 11.5. The number of carbonyl (C=O) groups is 2. The lowest BCUT2D eigenvalue weighted by molar-refractivity contribution is -0.129. The van der Waals surface area contributed by atoms with Gasteiger partial charge in [-0.25, -0.2) is 5.48 Å². The zero-order valence-electron chi connectivity index (χ0n) is 11.5. The average Bonchev–Trinajstić information content (AvgIpc) is 2.38. The molecule has 0 saturated heterocycles. The standard InChI is InChI=1S/C14H22N2O3/c1-4-12(9-8-11(2)3)10-15-13(17)6-5-7-14(18)16-19/h4,8-9,19H,1,5-7,10H2,2-3H3,(H,15,17)(H,16,18)/b12-9+. The molecule has 0 saturated carbocycles. The molecule has 0 atom stereocenters. The third-order valence-electron chi connectivity index (χ3n) is 2.31. The van der Waals surface area contributed by atoms with Crippen molar-refractivity contribution in [3.05, 3.63) is 36.0 Å². The van der Waals surface area contributed by atoms with Gasteiger partial charge in [0.2, 0.25) is 11.8 Å². The number of hydroxylamine groups is 1. The van der Waals surface area contributed by atoms with Gasteiger partial charge < -0.3 is 5.32 Å². The normalized spacial score (nSPS) is 10.6. The van der Waals surface area contributed by atoms with E-state index in [0.29, 0.717) is 13.0 Å². The lowest BCUT2D eigenvalue weighted by Crippen LogP contribution is -2.25. The Hall–Kier alpha value is -1.88. The molecule has 5 nitrogen and oxygen atoms in total. The summed E-state index contributed by atoms with van der Waals surface area (Å²) in [7, 11) is 0. The van der Waals surface area contributed by atoms with E-state index in [4.69, 9.17) is 5.21 Å². The van der Waals surface area contributed by atoms with Crippen molar-refractivity contribution in [3.63, 3.8) is 0 Å². The van der Waals surface area contributed by atoms with E-state index in [1.165, 1.54) is 11.1 Å². The molecule has 5 heteroatoms. The van der Waals surface area contributed by atoms with E-state index in [1.807, 2.05) is 26.0 Å². The second kappa shape index (κ2) is 10.1. The van der Waals surface area contributed by atoms with Gasteiger partial charge in [0.25, 0.3) is 0 Å². The van der Waals surface area contributed by atoms with E-state index in [0.717, 1.165) is 5.57 Å². The molecule has 0 aliphatic rings. The van der Waals surface area contributed by atoms with Crippen LogP contribution in [0.5, 0.6) is 0 Å². The minimum Gasteiger partial charge on any atom is -0.352 e. The van der Waals surface area contributed by atoms with Crippen LogP contribution in [0.25, 0.3) is 0 Å². The minimum atomic E-state index is -0.483. The van der Waals surface area contributed by atoms with E-state index in [9.17, 15) is 9.59 Å². The van der Waals surface area contributed by atoms with Crippen LogP contribution in [0, 0.1) is 0 Å². The molecule has 2 amide bonds. The van der Waals surface area contributed by atoms with Gasteiger partial charge in [0.15, 0.2) is 0 Å². The minimum absolute atomic E-state index is 0.129. The summed E-state index contributed by atoms with van der Waals surface area (Å²) < 4.78 is 0. The second-order valence-electron chi connectivity index (χ2n) is 4.35. The van der Waals surface area contributed by atoms with Crippen molar-refractivity contribution in [1.82, 2.24) is 10.8 Å². The van der Waals surface area contributed by atoms with Crippen LogP contribution in [0.1, 0.15) is 33.1 Å². The van der Waals surface area contributed by atoms with Gasteiger partial charge in [0.1, 0.15) is 0 Å². The molecule has 0 bridgehead atoms. The predicted molar refractivity (Wildman–Crippen MR) is 74.5 cm³/mol. The molecular formula is C14H22N2O3. The molecule has 0 aromatic rings. The summed E-state index contributed by atoms with van der Waals surface area (Å²) in [5.41, 5.74) is 3.61. The number of allylic oxidation sites excluding steroid dienone is 3. The molecule has 106 valence electrons. The van der Waals surface area contributed by atoms with Gasteiger partial charge in [-0.3, -0.25) is 14.8 Å². The van der Waals surface area contributed by atoms with Gasteiger partial charge >= 0.3 is 0 Å². The summed E-state index contributed by atoms with van der Waals surface area (Å²) in [4.78, 5) is 22.2. The molecular weight excluding hydrogens is 244 g/mol. The Kier molecular flexibility index (Phi) is 9.08. The van der Waals surface area contributed by atoms with E-state index in [2.05, 4.69) is 11.9 Å². The molecule has 0 aromatic carbocycles. The van der Waals surface area contributed by atoms with Gasteiger partial charge in [0.05, 0.1) is 0 Å². The van der Waals surface area contributed by atoms with Crippen molar-refractivity contribution in [1.29, 1.82) is 0 Å². The molecule has 0 aromatic heterocycles. The lowest BCUT2D eigenvalue weighted by atomic mass is 10.2. The smallest absolute Gasteiger partial charge is 0.243 e. The van der Waals surface area contributed by atoms with Gasteiger partial charge in [-0.05, 0) is 25.8 Å². The number of hydrogen-bond donors (Lipinski definition) is 3. The topological polar surface area (TPSA) is 78.4 Å². The number of carbonyl (C=O) groups excluding carboxylic acids is 2. The lowest BCUT2D eigenvalue weighted by Gasteiger charge is -2.05. The van der Waals surface area contributed by atoms with Crippen molar-refractivity contribution in [3.8, 4) is 0 Å². The first-order valence-corrected chi connectivity index (χ1v) is 6.15. The second-order valence-corrected chi connectivity index (χ2v) is 4.35. The molecule has 0 rings (SSSR count). The van der Waals surface area contributed by atoms with Crippen LogP contribution in [0.3, 0.4) is 0 Å². The van der Waals surface area contributed by atoms with Crippen molar-refractivity contribution in [2.24, 2.45) is 0 Å². The maximum absolute atomic E-state index is 11.5. The summed E-state index contributed by atoms with van der Waals surface area (Å²) in [6, 6.07) is 0. The summed E-state index contributed by atoms with van der Waals surface area (Å²) in [6.07, 6.45) is 6.33. The first-order chi connectivity index (χ1) is 8.99. The van der Waals surface area contributed by atoms with Gasteiger partial charge in [0, 0.05) is 19.4 Å². The van der Waals surface area contributed by atoms with Crippen molar-refractivity contribution in [2.45, 2.75) is 33.1 Å². The van der Waals surface area contributed by atoms with E-state index in [1.54, 1.807) is 6.08 Å². The van der Waals surface area contributed by atoms with Crippen molar-refractivity contribution < 1.29 is 14.8 Å². The van der Waals surface area contributed by atoms with Crippen LogP contribution in [0.4, 0.5) is 0 Å². The quantitative estimate of drug-likeness (QED) is 0.356. The SMILES string of the molecule is C=C/C(=C\C=C(C)C)CNC(=O)CCCC(=O)NO. The number of hydrogen-bond acceptors (Lipinski definition) is 3. The largest absolute Gasteiger partial charge is 0.352 e. The van der Waals surface area contributed by atoms with E-state index < -0.39 is 5.91 Å². The highest BCUT2D eigenvalue weighted by Crippen LogP contribution is 1.99. The Morgan fingerprint density at radius 2 is 1.79 bits per heavy atom. The fourth-order valence-electron chi connectivity index (χ4n) is 1.23. The first kappa shape index (κ1) is 17.1. The molecule has 0 heterocycles. The maximum Gasteiger partial charge on any atom is 0.243 e. The van der Waals surface area contributed by atoms with Crippen molar-refractivity contribution >= 4 is 11.8 Å². The third-order valence-corrected chi connectivity index (χ3v) is 2.31. The molecule has 0 aliphatic carbocycles. The fraction of sp³-hybridized carbons (Fsp3) is 0.429. The number of rotatable bonds is 8. The van der Waals surface area contributed by atoms with Crippen LogP contribution in [-0.2, 0) is 9.59 Å². The van der Waals surface area contributed by atoms with Crippen LogP contribution >= 0.6 is 0 Å². The molecule has 0 aliphatic heterocycles. The van der Waals surface area contributed by atoms with Crippen LogP contribution in [0.15, 0.2) is 36.0 Å². The maximum atomic E-state index is 11.5. The van der Waals surface area contributed by atoms with Crippen molar-refractivity contribution in [2.75, 3.05) is 6.54 Å². The highest BCUT2D eigenvalue weighted by molar-refractivity contribution is 5.78. The summed E-state index contributed by atoms with van der Waals surface area (Å²) >= 11 is 0. The van der Waals surface area contributed by atoms with Crippen LogP contribution < -0.4 is 10.8 Å². The summed E-state index contributed by atoms with van der Waals surface area (Å²) in [5, 5.41) is 11.0. The molecule has 0 spiro atoms. The zero-order chi connectivity index (χ0) is 14.7. The molecule has 0 radical (unpaired) electrons. The third kappa shape index (κ3) is 9.79. The summed E-state index contributed by atoms with van der Waals surface area (Å²) in [5.74, 6) is -0.612. The molecule has 0 unspecified atom stereocenters. The highest BCUT2D eigenvalue weighted by Gasteiger charge is 2.04. The summed E-state index contributed by atoms with van der Waals surface area (Å²) in [6.45, 7) is 8.07. The van der Waals surface area contributed by atoms with E-state index >= 15 is 0 Å². The Balaban J connectivity index is 4.00. The van der Waals surface area contributed by atoms with Gasteiger partial charge in [-0.15, -0.1) is 0 Å².